The molecule has 2 heterocycles. The molecule has 0 saturated heterocycles. The highest BCUT2D eigenvalue weighted by Gasteiger charge is 2.35. The molecule has 0 spiro atoms. The van der Waals surface area contributed by atoms with Crippen molar-refractivity contribution in [2.45, 2.75) is 33.0 Å². The van der Waals surface area contributed by atoms with Crippen LogP contribution in [0.4, 0.5) is 13.2 Å². The van der Waals surface area contributed by atoms with E-state index in [1.54, 1.807) is 10.6 Å². The molecule has 1 aromatic carbocycles. The van der Waals surface area contributed by atoms with Crippen LogP contribution in [0.1, 0.15) is 35.5 Å². The van der Waals surface area contributed by atoms with Crippen LogP contribution in [0.3, 0.4) is 0 Å². The average Bonchev–Trinajstić information content (AvgIpc) is 3.16. The van der Waals surface area contributed by atoms with Crippen molar-refractivity contribution in [3.63, 3.8) is 0 Å². The minimum absolute atomic E-state index is 0.0531. The van der Waals surface area contributed by atoms with Crippen LogP contribution in [0.15, 0.2) is 30.3 Å². The van der Waals surface area contributed by atoms with Gasteiger partial charge in [-0.05, 0) is 42.7 Å². The molecule has 3 aromatic rings. The molecule has 0 saturated carbocycles. The van der Waals surface area contributed by atoms with Crippen LogP contribution < -0.4 is 4.74 Å². The van der Waals surface area contributed by atoms with Gasteiger partial charge in [0.15, 0.2) is 0 Å². The lowest BCUT2D eigenvalue weighted by Crippen LogP contribution is -2.10. The van der Waals surface area contributed by atoms with Crippen LogP contribution in [0, 0.1) is 5.92 Å². The number of rotatable bonds is 6. The minimum atomic E-state index is -4.54. The molecule has 0 amide bonds. The summed E-state index contributed by atoms with van der Waals surface area (Å²) in [6, 6.07) is 7.07. The van der Waals surface area contributed by atoms with Gasteiger partial charge in [-0.15, -0.1) is 11.3 Å². The van der Waals surface area contributed by atoms with E-state index in [4.69, 9.17) is 4.74 Å². The second kappa shape index (κ2) is 7.50. The summed E-state index contributed by atoms with van der Waals surface area (Å²) < 4.78 is 48.5. The van der Waals surface area contributed by atoms with E-state index >= 15 is 0 Å². The lowest BCUT2D eigenvalue weighted by molar-refractivity contribution is -0.137. The molecule has 28 heavy (non-hydrogen) atoms. The van der Waals surface area contributed by atoms with Gasteiger partial charge in [-0.2, -0.15) is 13.2 Å². The Kier molecular flexibility index (Phi) is 5.43. The number of aryl methyl sites for hydroxylation is 1. The molecule has 1 N–H and O–H groups in total. The number of halogens is 3. The first-order valence-corrected chi connectivity index (χ1v) is 9.55. The number of ether oxygens (including phenoxy) is 1. The van der Waals surface area contributed by atoms with E-state index in [9.17, 15) is 23.1 Å². The summed E-state index contributed by atoms with van der Waals surface area (Å²) in [5.41, 5.74) is 0.342. The monoisotopic (exact) mass is 411 g/mol. The van der Waals surface area contributed by atoms with Crippen molar-refractivity contribution in [3.8, 4) is 17.0 Å². The third kappa shape index (κ3) is 3.87. The van der Waals surface area contributed by atoms with Crippen LogP contribution in [0.25, 0.3) is 21.5 Å². The van der Waals surface area contributed by atoms with E-state index in [-0.39, 0.29) is 16.2 Å². The van der Waals surface area contributed by atoms with Gasteiger partial charge in [-0.1, -0.05) is 13.8 Å². The van der Waals surface area contributed by atoms with Gasteiger partial charge in [-0.25, -0.2) is 4.79 Å². The van der Waals surface area contributed by atoms with Gasteiger partial charge in [0.05, 0.1) is 28.6 Å². The number of carboxylic acids is 1. The van der Waals surface area contributed by atoms with Crippen LogP contribution in [0.2, 0.25) is 0 Å². The van der Waals surface area contributed by atoms with E-state index < -0.39 is 17.7 Å². The Labute approximate surface area is 164 Å². The number of methoxy groups -OCH3 is 1. The third-order valence-electron chi connectivity index (χ3n) is 4.54. The third-order valence-corrected chi connectivity index (χ3v) is 5.60. The fraction of sp³-hybridized carbons (Fsp3) is 0.350. The minimum Gasteiger partial charge on any atom is -0.497 e. The Balaban J connectivity index is 2.23. The number of carboxylic acid groups (broad SMARTS) is 1. The summed E-state index contributed by atoms with van der Waals surface area (Å²) in [5.74, 6) is -0.564. The summed E-state index contributed by atoms with van der Waals surface area (Å²) in [7, 11) is 1.32. The Hall–Kier alpha value is -2.48. The number of thiophene rings is 1. The van der Waals surface area contributed by atoms with Crippen LogP contribution in [-0.4, -0.2) is 22.8 Å². The lowest BCUT2D eigenvalue weighted by atomic mass is 10.0. The number of nitrogens with zero attached hydrogens (tertiary/aromatic N) is 1. The summed E-state index contributed by atoms with van der Waals surface area (Å²) in [6.07, 6.45) is -3.79. The molecule has 2 aromatic heterocycles. The van der Waals surface area contributed by atoms with Gasteiger partial charge in [0, 0.05) is 12.1 Å². The van der Waals surface area contributed by atoms with Crippen molar-refractivity contribution < 1.29 is 27.8 Å². The molecule has 0 radical (unpaired) electrons. The number of aromatic carboxylic acids is 1. The van der Waals surface area contributed by atoms with Gasteiger partial charge >= 0.3 is 12.1 Å². The topological polar surface area (TPSA) is 51.5 Å². The number of hydrogen-bond acceptors (Lipinski definition) is 3. The Morgan fingerprint density at radius 2 is 1.96 bits per heavy atom. The van der Waals surface area contributed by atoms with Crippen LogP contribution in [-0.2, 0) is 12.7 Å². The highest BCUT2D eigenvalue weighted by atomic mass is 32.1. The molecule has 0 fully saturated rings. The summed E-state index contributed by atoms with van der Waals surface area (Å²) >= 11 is 1.06. The van der Waals surface area contributed by atoms with Gasteiger partial charge in [0.2, 0.25) is 0 Å². The van der Waals surface area contributed by atoms with Gasteiger partial charge in [0.25, 0.3) is 0 Å². The summed E-state index contributed by atoms with van der Waals surface area (Å²) in [6.45, 7) is 4.56. The standard InChI is InChI=1S/C20H20F3NO3S/c1-11(2)6-7-24-15(9-17-16(24)10-18(28-17)19(25)26)13-5-4-12(27-3)8-14(13)20(21,22)23/h4-5,8-11H,6-7H2,1-3H3,(H,25,26). The second-order valence-corrected chi connectivity index (χ2v) is 8.02. The van der Waals surface area contributed by atoms with E-state index in [0.717, 1.165) is 23.8 Å². The maximum atomic E-state index is 13.7. The number of carbonyl (C=O) groups is 1. The van der Waals surface area contributed by atoms with Crippen LogP contribution in [0.5, 0.6) is 5.75 Å². The van der Waals surface area contributed by atoms with E-state index in [0.29, 0.717) is 28.4 Å². The number of aromatic nitrogens is 1. The zero-order valence-corrected chi connectivity index (χ0v) is 16.4. The quantitative estimate of drug-likeness (QED) is 0.530. The zero-order chi connectivity index (χ0) is 20.6. The van der Waals surface area contributed by atoms with Crippen molar-refractivity contribution >= 4 is 27.5 Å². The average molecular weight is 411 g/mol. The molecule has 0 unspecified atom stereocenters. The van der Waals surface area contributed by atoms with E-state index in [2.05, 4.69) is 0 Å². The Bertz CT molecular complexity index is 1020. The number of fused-ring (bicyclic) bond motifs is 1. The molecule has 8 heteroatoms. The molecular weight excluding hydrogens is 391 g/mol. The summed E-state index contributed by atoms with van der Waals surface area (Å²) in [4.78, 5) is 11.5. The maximum absolute atomic E-state index is 13.7. The second-order valence-electron chi connectivity index (χ2n) is 6.94. The smallest absolute Gasteiger partial charge is 0.417 e. The number of hydrogen-bond donors (Lipinski definition) is 1. The molecule has 150 valence electrons. The van der Waals surface area contributed by atoms with Crippen molar-refractivity contribution in [1.29, 1.82) is 0 Å². The predicted molar refractivity (Wildman–Crippen MR) is 103 cm³/mol. The summed E-state index contributed by atoms with van der Waals surface area (Å²) in [5, 5.41) is 9.25. The van der Waals surface area contributed by atoms with E-state index in [1.807, 2.05) is 13.8 Å². The highest BCUT2D eigenvalue weighted by molar-refractivity contribution is 7.20. The Morgan fingerprint density at radius 1 is 1.25 bits per heavy atom. The predicted octanol–water partition coefficient (Wildman–Crippen LogP) is 6.14. The van der Waals surface area contributed by atoms with Gasteiger partial charge < -0.3 is 14.4 Å². The van der Waals surface area contributed by atoms with E-state index in [1.165, 1.54) is 25.3 Å². The van der Waals surface area contributed by atoms with Crippen LogP contribution >= 0.6 is 11.3 Å². The number of alkyl halides is 3. The molecular formula is C20H20F3NO3S. The maximum Gasteiger partial charge on any atom is 0.417 e. The van der Waals surface area contributed by atoms with Crippen molar-refractivity contribution in [3.05, 3.63) is 40.8 Å². The molecule has 4 nitrogen and oxygen atoms in total. The van der Waals surface area contributed by atoms with Crippen molar-refractivity contribution in [1.82, 2.24) is 4.57 Å². The molecule has 3 rings (SSSR count). The first kappa shape index (κ1) is 20.3. The van der Waals surface area contributed by atoms with Crippen molar-refractivity contribution in [2.75, 3.05) is 7.11 Å². The fourth-order valence-corrected chi connectivity index (χ4v) is 4.05. The lowest BCUT2D eigenvalue weighted by Gasteiger charge is -2.17. The normalized spacial score (nSPS) is 12.1. The first-order valence-electron chi connectivity index (χ1n) is 8.73. The van der Waals surface area contributed by atoms with Crippen molar-refractivity contribution in [2.24, 2.45) is 5.92 Å². The molecule has 0 aliphatic rings. The Morgan fingerprint density at radius 3 is 2.54 bits per heavy atom. The molecule has 0 aliphatic carbocycles. The largest absolute Gasteiger partial charge is 0.497 e. The SMILES string of the molecule is COc1ccc(-c2cc3sc(C(=O)O)cc3n2CCC(C)C)c(C(F)(F)F)c1. The van der Waals surface area contributed by atoms with Gasteiger partial charge in [0.1, 0.15) is 10.6 Å². The van der Waals surface area contributed by atoms with Gasteiger partial charge in [-0.3, -0.25) is 0 Å². The molecule has 0 aliphatic heterocycles. The zero-order valence-electron chi connectivity index (χ0n) is 15.6. The first-order chi connectivity index (χ1) is 13.1. The molecule has 0 bridgehead atoms. The fourth-order valence-electron chi connectivity index (χ4n) is 3.11. The number of benzene rings is 1. The highest BCUT2D eigenvalue weighted by Crippen LogP contribution is 2.42. The molecule has 0 atom stereocenters.